The average Bonchev–Trinajstić information content (AvgIpc) is 2.48. The van der Waals surface area contributed by atoms with E-state index in [1.165, 1.54) is 0 Å². The first-order chi connectivity index (χ1) is 10.1. The third-order valence-electron chi connectivity index (χ3n) is 3.03. The molecular weight excluding hydrogens is 269 g/mol. The fraction of sp³-hybridized carbons (Fsp3) is 0.353. The van der Waals surface area contributed by atoms with Gasteiger partial charge in [-0.05, 0) is 35.1 Å². The quantitative estimate of drug-likeness (QED) is 0.876. The second-order valence-electron chi connectivity index (χ2n) is 4.60. The third-order valence-corrected chi connectivity index (χ3v) is 3.03. The van der Waals surface area contributed by atoms with Crippen molar-refractivity contribution in [3.05, 3.63) is 35.4 Å². The number of nitrogens with zero attached hydrogens (tertiary/aromatic N) is 1. The third kappa shape index (κ3) is 3.43. The van der Waals surface area contributed by atoms with Gasteiger partial charge in [-0.25, -0.2) is 4.39 Å². The van der Waals surface area contributed by atoms with Gasteiger partial charge in [0.05, 0.1) is 5.56 Å². The molecule has 0 amide bonds. The van der Waals surface area contributed by atoms with Gasteiger partial charge in [0.2, 0.25) is 6.86 Å². The first-order valence-electron chi connectivity index (χ1n) is 6.97. The van der Waals surface area contributed by atoms with Gasteiger partial charge in [-0.15, -0.1) is 0 Å². The summed E-state index contributed by atoms with van der Waals surface area (Å²) in [6.45, 7) is 6.94. The van der Waals surface area contributed by atoms with E-state index in [1.807, 2.05) is 33.8 Å². The molecule has 112 valence electrons. The van der Waals surface area contributed by atoms with Gasteiger partial charge in [-0.1, -0.05) is 33.8 Å². The van der Waals surface area contributed by atoms with Crippen LogP contribution >= 0.6 is 0 Å². The molecule has 0 aliphatic carbocycles. The topological polar surface area (TPSA) is 53.2 Å². The van der Waals surface area contributed by atoms with Gasteiger partial charge in [-0.3, -0.25) is 0 Å². The Morgan fingerprint density at radius 2 is 1.95 bits per heavy atom. The Hall–Kier alpha value is -2.28. The normalized spacial score (nSPS) is 9.95. The predicted molar refractivity (Wildman–Crippen MR) is 82.4 cm³/mol. The zero-order chi connectivity index (χ0) is 16.0. The van der Waals surface area contributed by atoms with Crippen LogP contribution in [-0.4, -0.2) is 12.0 Å². The van der Waals surface area contributed by atoms with Gasteiger partial charge in [0.15, 0.2) is 0 Å². The van der Waals surface area contributed by atoms with Crippen molar-refractivity contribution in [3.63, 3.8) is 0 Å². The van der Waals surface area contributed by atoms with Crippen molar-refractivity contribution in [1.82, 2.24) is 0 Å². The highest BCUT2D eigenvalue weighted by molar-refractivity contribution is 5.94. The van der Waals surface area contributed by atoms with Crippen molar-refractivity contribution in [2.45, 2.75) is 33.6 Å². The zero-order valence-electron chi connectivity index (χ0n) is 12.8. The average molecular weight is 289 g/mol. The van der Waals surface area contributed by atoms with E-state index in [-0.39, 0.29) is 23.0 Å². The van der Waals surface area contributed by atoms with Crippen LogP contribution in [-0.2, 0) is 0 Å². The maximum absolute atomic E-state index is 12.6. The van der Waals surface area contributed by atoms with Crippen LogP contribution in [0.1, 0.15) is 44.7 Å². The Morgan fingerprint density at radius 3 is 2.48 bits per heavy atom. The molecule has 1 N–H and O–H groups in total. The molecule has 4 heteroatoms. The number of hydrogen-bond acceptors (Lipinski definition) is 3. The van der Waals surface area contributed by atoms with Crippen molar-refractivity contribution in [1.29, 1.82) is 5.26 Å². The van der Waals surface area contributed by atoms with Gasteiger partial charge >= 0.3 is 0 Å². The minimum atomic E-state index is -0.994. The van der Waals surface area contributed by atoms with E-state index in [1.54, 1.807) is 24.3 Å². The molecule has 0 bridgehead atoms. The van der Waals surface area contributed by atoms with Crippen molar-refractivity contribution in [3.8, 4) is 17.6 Å². The SMILES string of the molecule is CC.CC(C)c1cc(O)cc2ccc(C#N)c(OCF)c12. The number of halogens is 1. The van der Waals surface area contributed by atoms with Crippen LogP contribution in [0.15, 0.2) is 24.3 Å². The molecule has 0 radical (unpaired) electrons. The summed E-state index contributed by atoms with van der Waals surface area (Å²) in [5, 5.41) is 20.2. The lowest BCUT2D eigenvalue weighted by atomic mass is 9.93. The fourth-order valence-corrected chi connectivity index (χ4v) is 2.20. The standard InChI is InChI=1S/C15H14FNO2.C2H6/c1-9(2)13-6-12(18)5-10-3-4-11(7-17)15(14(10)13)19-8-16;1-2/h3-6,9,18H,8H2,1-2H3;1-2H3. The van der Waals surface area contributed by atoms with Gasteiger partial charge in [-0.2, -0.15) is 5.26 Å². The molecule has 0 spiro atoms. The Bertz CT molecular complexity index is 660. The molecule has 0 aromatic heterocycles. The van der Waals surface area contributed by atoms with E-state index < -0.39 is 6.86 Å². The van der Waals surface area contributed by atoms with Gasteiger partial charge < -0.3 is 9.84 Å². The van der Waals surface area contributed by atoms with Gasteiger partial charge in [0.1, 0.15) is 17.6 Å². The summed E-state index contributed by atoms with van der Waals surface area (Å²) in [6.07, 6.45) is 0. The highest BCUT2D eigenvalue weighted by Crippen LogP contribution is 2.38. The molecule has 0 saturated carbocycles. The molecule has 0 atom stereocenters. The zero-order valence-corrected chi connectivity index (χ0v) is 12.8. The van der Waals surface area contributed by atoms with E-state index in [0.717, 1.165) is 10.9 Å². The number of fused-ring (bicyclic) bond motifs is 1. The number of alkyl halides is 1. The van der Waals surface area contributed by atoms with Gasteiger partial charge in [0.25, 0.3) is 0 Å². The van der Waals surface area contributed by atoms with Crippen molar-refractivity contribution in [2.75, 3.05) is 6.86 Å². The van der Waals surface area contributed by atoms with Crippen LogP contribution < -0.4 is 4.74 Å². The summed E-state index contributed by atoms with van der Waals surface area (Å²) in [5.41, 5.74) is 1.12. The van der Waals surface area contributed by atoms with Crippen LogP contribution in [0.3, 0.4) is 0 Å². The molecule has 0 saturated heterocycles. The molecule has 0 aliphatic heterocycles. The summed E-state index contributed by atoms with van der Waals surface area (Å²) in [7, 11) is 0. The Balaban J connectivity index is 0.00000106. The van der Waals surface area contributed by atoms with Gasteiger partial charge in [0, 0.05) is 5.39 Å². The van der Waals surface area contributed by atoms with Crippen LogP contribution in [0.4, 0.5) is 4.39 Å². The minimum Gasteiger partial charge on any atom is -0.508 e. The Kier molecular flexibility index (Phi) is 5.98. The number of phenolic OH excluding ortho intramolecular Hbond substituents is 1. The molecule has 3 nitrogen and oxygen atoms in total. The lowest BCUT2D eigenvalue weighted by Crippen LogP contribution is -1.98. The lowest BCUT2D eigenvalue weighted by Gasteiger charge is -2.15. The number of aromatic hydroxyl groups is 1. The largest absolute Gasteiger partial charge is 0.508 e. The monoisotopic (exact) mass is 289 g/mol. The Labute approximate surface area is 124 Å². The Morgan fingerprint density at radius 1 is 1.29 bits per heavy atom. The van der Waals surface area contributed by atoms with Crippen molar-refractivity contribution >= 4 is 10.8 Å². The smallest absolute Gasteiger partial charge is 0.228 e. The summed E-state index contributed by atoms with van der Waals surface area (Å²) in [4.78, 5) is 0. The van der Waals surface area contributed by atoms with E-state index >= 15 is 0 Å². The van der Waals surface area contributed by atoms with E-state index in [0.29, 0.717) is 5.39 Å². The molecular formula is C17H20FNO2. The lowest BCUT2D eigenvalue weighted by molar-refractivity contribution is 0.193. The number of hydrogen-bond donors (Lipinski definition) is 1. The molecule has 2 aromatic carbocycles. The number of ether oxygens (including phenoxy) is 1. The first kappa shape index (κ1) is 16.8. The molecule has 0 aliphatic rings. The maximum atomic E-state index is 12.6. The molecule has 0 fully saturated rings. The molecule has 0 unspecified atom stereocenters. The number of rotatable bonds is 3. The summed E-state index contributed by atoms with van der Waals surface area (Å²) in [6, 6.07) is 8.49. The molecule has 21 heavy (non-hydrogen) atoms. The highest BCUT2D eigenvalue weighted by Gasteiger charge is 2.16. The van der Waals surface area contributed by atoms with E-state index in [9.17, 15) is 9.50 Å². The second kappa shape index (κ2) is 7.49. The molecule has 0 heterocycles. The van der Waals surface area contributed by atoms with Crippen LogP contribution in [0.5, 0.6) is 11.5 Å². The number of phenols is 1. The summed E-state index contributed by atoms with van der Waals surface area (Å²) in [5.74, 6) is 0.504. The van der Waals surface area contributed by atoms with Crippen LogP contribution in [0.2, 0.25) is 0 Å². The van der Waals surface area contributed by atoms with E-state index in [4.69, 9.17) is 10.00 Å². The molecule has 2 aromatic rings. The van der Waals surface area contributed by atoms with E-state index in [2.05, 4.69) is 0 Å². The number of nitriles is 1. The maximum Gasteiger partial charge on any atom is 0.228 e. The van der Waals surface area contributed by atoms with Crippen molar-refractivity contribution < 1.29 is 14.2 Å². The predicted octanol–water partition coefficient (Wildman–Crippen LogP) is 4.87. The second-order valence-corrected chi connectivity index (χ2v) is 4.60. The minimum absolute atomic E-state index is 0.116. The highest BCUT2D eigenvalue weighted by atomic mass is 19.1. The summed E-state index contributed by atoms with van der Waals surface area (Å²) < 4.78 is 17.6. The fourth-order valence-electron chi connectivity index (χ4n) is 2.20. The first-order valence-corrected chi connectivity index (χ1v) is 6.97. The molecule has 2 rings (SSSR count). The van der Waals surface area contributed by atoms with Crippen LogP contribution in [0.25, 0.3) is 10.8 Å². The summed E-state index contributed by atoms with van der Waals surface area (Å²) >= 11 is 0. The van der Waals surface area contributed by atoms with Crippen molar-refractivity contribution in [2.24, 2.45) is 0 Å². The van der Waals surface area contributed by atoms with Crippen LogP contribution in [0, 0.1) is 11.3 Å². The number of benzene rings is 2.